The molecule has 17 heavy (non-hydrogen) atoms. The quantitative estimate of drug-likeness (QED) is 0.826. The van der Waals surface area contributed by atoms with Crippen molar-refractivity contribution in [3.8, 4) is 5.69 Å². The predicted octanol–water partition coefficient (Wildman–Crippen LogP) is 3.03. The van der Waals surface area contributed by atoms with Crippen molar-refractivity contribution in [2.45, 2.75) is 19.9 Å². The van der Waals surface area contributed by atoms with Gasteiger partial charge in [0.25, 0.3) is 0 Å². The van der Waals surface area contributed by atoms with Crippen molar-refractivity contribution in [2.24, 2.45) is 0 Å². The number of nitrogens with one attached hydrogen (secondary N) is 1. The van der Waals surface area contributed by atoms with Gasteiger partial charge in [0, 0.05) is 23.3 Å². The summed E-state index contributed by atoms with van der Waals surface area (Å²) in [6, 6.07) is 7.67. The van der Waals surface area contributed by atoms with Crippen LogP contribution in [-0.4, -0.2) is 16.3 Å². The molecule has 3 nitrogen and oxygen atoms in total. The van der Waals surface area contributed by atoms with Gasteiger partial charge in [-0.25, -0.2) is 4.68 Å². The lowest BCUT2D eigenvalue weighted by Gasteiger charge is -2.01. The molecule has 0 atom stereocenters. The zero-order chi connectivity index (χ0) is 12.1. The molecule has 0 fully saturated rings. The van der Waals surface area contributed by atoms with Gasteiger partial charge in [0.2, 0.25) is 0 Å². The minimum Gasteiger partial charge on any atom is -0.313 e. The molecule has 0 radical (unpaired) electrons. The lowest BCUT2D eigenvalue weighted by Crippen LogP contribution is -2.13. The Bertz CT molecular complexity index is 479. The van der Waals surface area contributed by atoms with Crippen LogP contribution in [0.25, 0.3) is 5.69 Å². The zero-order valence-electron chi connectivity index (χ0n) is 9.86. The van der Waals surface area contributed by atoms with E-state index >= 15 is 0 Å². The zero-order valence-corrected chi connectivity index (χ0v) is 10.6. The smallest absolute Gasteiger partial charge is 0.0660 e. The van der Waals surface area contributed by atoms with Crippen LogP contribution in [0.3, 0.4) is 0 Å². The molecule has 1 aromatic heterocycles. The van der Waals surface area contributed by atoms with E-state index in [0.717, 1.165) is 30.2 Å². The monoisotopic (exact) mass is 249 g/mol. The Hall–Kier alpha value is -1.32. The van der Waals surface area contributed by atoms with Gasteiger partial charge in [-0.1, -0.05) is 24.6 Å². The van der Waals surface area contributed by atoms with Gasteiger partial charge >= 0.3 is 0 Å². The van der Waals surface area contributed by atoms with E-state index in [-0.39, 0.29) is 0 Å². The second kappa shape index (κ2) is 5.84. The van der Waals surface area contributed by atoms with Gasteiger partial charge < -0.3 is 5.32 Å². The number of aromatic nitrogens is 2. The Morgan fingerprint density at radius 2 is 2.29 bits per heavy atom. The molecular weight excluding hydrogens is 234 g/mol. The van der Waals surface area contributed by atoms with E-state index in [1.165, 1.54) is 5.56 Å². The standard InChI is InChI=1S/C13H16ClN3/c1-2-6-15-8-11-9-16-17(10-11)13-5-3-4-12(14)7-13/h3-5,7,9-10,15H,2,6,8H2,1H3. The second-order valence-electron chi connectivity index (χ2n) is 3.95. The van der Waals surface area contributed by atoms with Gasteiger partial charge in [-0.05, 0) is 31.2 Å². The van der Waals surface area contributed by atoms with Crippen molar-refractivity contribution >= 4 is 11.6 Å². The third-order valence-electron chi connectivity index (χ3n) is 2.46. The van der Waals surface area contributed by atoms with Crippen molar-refractivity contribution in [1.82, 2.24) is 15.1 Å². The molecule has 0 aliphatic carbocycles. The van der Waals surface area contributed by atoms with Crippen molar-refractivity contribution in [3.05, 3.63) is 47.2 Å². The second-order valence-corrected chi connectivity index (χ2v) is 4.39. The highest BCUT2D eigenvalue weighted by molar-refractivity contribution is 6.30. The Kier molecular flexibility index (Phi) is 4.18. The first-order valence-corrected chi connectivity index (χ1v) is 6.17. The van der Waals surface area contributed by atoms with Crippen molar-refractivity contribution in [1.29, 1.82) is 0 Å². The van der Waals surface area contributed by atoms with E-state index in [1.807, 2.05) is 41.3 Å². The Morgan fingerprint density at radius 3 is 3.06 bits per heavy atom. The number of halogens is 1. The third kappa shape index (κ3) is 3.32. The first-order chi connectivity index (χ1) is 8.29. The van der Waals surface area contributed by atoms with E-state index in [4.69, 9.17) is 11.6 Å². The summed E-state index contributed by atoms with van der Waals surface area (Å²) >= 11 is 5.95. The average molecular weight is 250 g/mol. The van der Waals surface area contributed by atoms with Gasteiger partial charge in [0.1, 0.15) is 0 Å². The fraction of sp³-hybridized carbons (Fsp3) is 0.308. The summed E-state index contributed by atoms with van der Waals surface area (Å²) in [4.78, 5) is 0. The van der Waals surface area contributed by atoms with Crippen LogP contribution in [0.2, 0.25) is 5.02 Å². The molecule has 1 N–H and O–H groups in total. The third-order valence-corrected chi connectivity index (χ3v) is 2.70. The summed E-state index contributed by atoms with van der Waals surface area (Å²) in [5.74, 6) is 0. The number of benzene rings is 1. The van der Waals surface area contributed by atoms with E-state index in [0.29, 0.717) is 0 Å². The van der Waals surface area contributed by atoms with Crippen LogP contribution in [0.15, 0.2) is 36.7 Å². The molecule has 0 bridgehead atoms. The van der Waals surface area contributed by atoms with Gasteiger partial charge in [-0.15, -0.1) is 0 Å². The number of nitrogens with zero attached hydrogens (tertiary/aromatic N) is 2. The highest BCUT2D eigenvalue weighted by atomic mass is 35.5. The van der Waals surface area contributed by atoms with Crippen LogP contribution in [0.4, 0.5) is 0 Å². The summed E-state index contributed by atoms with van der Waals surface area (Å²) in [5.41, 5.74) is 2.16. The summed E-state index contributed by atoms with van der Waals surface area (Å²) < 4.78 is 1.84. The SMILES string of the molecule is CCCNCc1cnn(-c2cccc(Cl)c2)c1. The number of rotatable bonds is 5. The molecule has 0 amide bonds. The normalized spacial score (nSPS) is 10.7. The first kappa shape index (κ1) is 12.1. The number of hydrogen-bond acceptors (Lipinski definition) is 2. The number of hydrogen-bond donors (Lipinski definition) is 1. The Morgan fingerprint density at radius 1 is 1.41 bits per heavy atom. The van der Waals surface area contributed by atoms with Crippen LogP contribution in [0.1, 0.15) is 18.9 Å². The van der Waals surface area contributed by atoms with Crippen LogP contribution in [-0.2, 0) is 6.54 Å². The molecule has 1 aromatic carbocycles. The Labute approximate surface area is 106 Å². The summed E-state index contributed by atoms with van der Waals surface area (Å²) in [6.07, 6.45) is 5.04. The first-order valence-electron chi connectivity index (χ1n) is 5.80. The lowest BCUT2D eigenvalue weighted by atomic mass is 10.3. The molecule has 1 heterocycles. The molecule has 4 heteroatoms. The van der Waals surface area contributed by atoms with E-state index in [2.05, 4.69) is 17.3 Å². The molecule has 0 saturated carbocycles. The van der Waals surface area contributed by atoms with Crippen LogP contribution >= 0.6 is 11.6 Å². The van der Waals surface area contributed by atoms with Crippen LogP contribution in [0, 0.1) is 0 Å². The van der Waals surface area contributed by atoms with Crippen molar-refractivity contribution in [2.75, 3.05) is 6.54 Å². The molecule has 0 saturated heterocycles. The largest absolute Gasteiger partial charge is 0.313 e. The van der Waals surface area contributed by atoms with Gasteiger partial charge in [0.05, 0.1) is 11.9 Å². The van der Waals surface area contributed by atoms with Crippen molar-refractivity contribution in [3.63, 3.8) is 0 Å². The van der Waals surface area contributed by atoms with Gasteiger partial charge in [-0.2, -0.15) is 5.10 Å². The average Bonchev–Trinajstić information content (AvgIpc) is 2.78. The van der Waals surface area contributed by atoms with Gasteiger partial charge in [0.15, 0.2) is 0 Å². The molecule has 2 rings (SSSR count). The summed E-state index contributed by atoms with van der Waals surface area (Å²) in [6.45, 7) is 4.04. The van der Waals surface area contributed by atoms with Gasteiger partial charge in [-0.3, -0.25) is 0 Å². The van der Waals surface area contributed by atoms with Crippen LogP contribution in [0.5, 0.6) is 0 Å². The van der Waals surface area contributed by atoms with E-state index in [1.54, 1.807) is 0 Å². The molecule has 0 spiro atoms. The van der Waals surface area contributed by atoms with E-state index < -0.39 is 0 Å². The van der Waals surface area contributed by atoms with E-state index in [9.17, 15) is 0 Å². The maximum absolute atomic E-state index is 5.95. The predicted molar refractivity (Wildman–Crippen MR) is 70.6 cm³/mol. The molecule has 2 aromatic rings. The molecule has 0 unspecified atom stereocenters. The topological polar surface area (TPSA) is 29.9 Å². The Balaban J connectivity index is 2.07. The molecule has 0 aliphatic rings. The van der Waals surface area contributed by atoms with Crippen LogP contribution < -0.4 is 5.32 Å². The van der Waals surface area contributed by atoms with Crippen molar-refractivity contribution < 1.29 is 0 Å². The molecule has 0 aliphatic heterocycles. The highest BCUT2D eigenvalue weighted by Crippen LogP contribution is 2.14. The summed E-state index contributed by atoms with van der Waals surface area (Å²) in [7, 11) is 0. The highest BCUT2D eigenvalue weighted by Gasteiger charge is 2.01. The minimum atomic E-state index is 0.726. The minimum absolute atomic E-state index is 0.726. The lowest BCUT2D eigenvalue weighted by molar-refractivity contribution is 0.675. The summed E-state index contributed by atoms with van der Waals surface area (Å²) in [5, 5.41) is 8.40. The maximum atomic E-state index is 5.95. The fourth-order valence-electron chi connectivity index (χ4n) is 1.62. The molecular formula is C13H16ClN3. The fourth-order valence-corrected chi connectivity index (χ4v) is 1.81. The maximum Gasteiger partial charge on any atom is 0.0660 e. The molecule has 90 valence electrons.